The maximum Gasteiger partial charge on any atom is -0.0771 e. The van der Waals surface area contributed by atoms with Crippen LogP contribution in [-0.4, -0.2) is 4.21 Å². The minimum atomic E-state index is -1.85. The number of benzene rings is 2. The van der Waals surface area contributed by atoms with Crippen LogP contribution in [-0.2, 0) is 18.9 Å². The molecule has 0 aliphatic heterocycles. The molecule has 0 aromatic heterocycles. The van der Waals surface area contributed by atoms with Crippen LogP contribution in [0.4, 0.5) is 0 Å². The number of rotatable bonds is 1. The molecule has 0 amide bonds. The first-order valence-corrected chi connectivity index (χ1v) is 16.9. The van der Waals surface area contributed by atoms with Crippen molar-refractivity contribution < 1.29 is 18.9 Å². The Morgan fingerprint density at radius 3 is 1.46 bits per heavy atom. The van der Waals surface area contributed by atoms with E-state index in [9.17, 15) is 0 Å². The van der Waals surface area contributed by atoms with E-state index in [0.717, 1.165) is 0 Å². The van der Waals surface area contributed by atoms with Crippen molar-refractivity contribution in [2.75, 3.05) is 0 Å². The smallest absolute Gasteiger partial charge is 0.0771 e. The van der Waals surface area contributed by atoms with E-state index >= 15 is 0 Å². The van der Waals surface area contributed by atoms with Crippen LogP contribution in [0.15, 0.2) is 84.9 Å². The zero-order valence-electron chi connectivity index (χ0n) is 15.5. The van der Waals surface area contributed by atoms with Gasteiger partial charge in [0.1, 0.15) is 0 Å². The summed E-state index contributed by atoms with van der Waals surface area (Å²) in [6, 6.07) is 29.3. The summed E-state index contributed by atoms with van der Waals surface area (Å²) in [7, 11) is 10.3. The molecule has 0 bridgehead atoms. The van der Waals surface area contributed by atoms with Crippen molar-refractivity contribution in [1.29, 1.82) is 0 Å². The van der Waals surface area contributed by atoms with E-state index < -0.39 is 18.9 Å². The summed E-state index contributed by atoms with van der Waals surface area (Å²) in [4.78, 5) is 0. The molecule has 3 heteroatoms. The van der Waals surface area contributed by atoms with Crippen LogP contribution in [0.3, 0.4) is 0 Å². The first kappa shape index (κ1) is 23.0. The van der Waals surface area contributed by atoms with Gasteiger partial charge >= 0.3 is 40.1 Å². The van der Waals surface area contributed by atoms with Gasteiger partial charge in [-0.3, -0.25) is 0 Å². The third-order valence-corrected chi connectivity index (χ3v) is 3.58. The van der Waals surface area contributed by atoms with Crippen LogP contribution < -0.4 is 0 Å². The number of unbranched alkanes of at least 4 members (excludes halogenated alkanes) is 1. The molecule has 0 saturated carbocycles. The van der Waals surface area contributed by atoms with E-state index in [1.807, 2.05) is 30.3 Å². The topological polar surface area (TPSA) is 0 Å². The molecule has 4 rings (SSSR count). The van der Waals surface area contributed by atoms with Crippen molar-refractivity contribution in [3.63, 3.8) is 0 Å². The quantitative estimate of drug-likeness (QED) is 0.249. The van der Waals surface area contributed by atoms with E-state index in [1.165, 1.54) is 34.4 Å². The Hall–Kier alpha value is -1.01. The molecule has 0 heterocycles. The summed E-state index contributed by atoms with van der Waals surface area (Å²) in [6.07, 6.45) is 2.64. The molecule has 26 heavy (non-hydrogen) atoms. The zero-order chi connectivity index (χ0) is 19.2. The normalized spacial score (nSPS) is 9.23. The molecule has 0 fully saturated rings. The first-order chi connectivity index (χ1) is 12.6. The van der Waals surface area contributed by atoms with Crippen molar-refractivity contribution in [1.82, 2.24) is 0 Å². The van der Waals surface area contributed by atoms with E-state index in [2.05, 4.69) is 72.7 Å². The molecular formula is C23H26Cl2Zr-2. The van der Waals surface area contributed by atoms with E-state index in [-0.39, 0.29) is 0 Å². The second-order valence-electron chi connectivity index (χ2n) is 5.62. The first-order valence-electron chi connectivity index (χ1n) is 8.79. The number of hydrogen-bond acceptors (Lipinski definition) is 0. The molecule has 0 aliphatic rings. The maximum absolute atomic E-state index is 5.13. The Labute approximate surface area is 172 Å². The third-order valence-electron chi connectivity index (χ3n) is 3.58. The van der Waals surface area contributed by atoms with Gasteiger partial charge in [-0.25, -0.2) is 12.1 Å². The van der Waals surface area contributed by atoms with Gasteiger partial charge < -0.3 is 0 Å². The Bertz CT molecular complexity index is 787. The molecule has 4 aromatic rings. The monoisotopic (exact) mass is 462 g/mol. The van der Waals surface area contributed by atoms with Crippen molar-refractivity contribution in [2.45, 2.75) is 26.7 Å². The van der Waals surface area contributed by atoms with Gasteiger partial charge in [0.05, 0.1) is 0 Å². The SMILES string of the molecule is CCCC.[CH2]=[Zr]([Cl])[Cl].c1cc[cH-]c1.c1ccc2c(c1)[cH-]c1ccccc12. The standard InChI is InChI=1S/C13H9.C5H5.C4H10.CH2.2ClH.Zr/c1-3-7-12-10(5-1)9-11-6-2-4-8-13(11)12;1-2-4-5-3-1;1-3-4-2;;;;/h1-9H;1-5H;3-4H2,1-2H3;1H2;2*1H;/q2*-1;;;;;+2/p-2. The fourth-order valence-electron chi connectivity index (χ4n) is 2.22. The number of fused-ring (bicyclic) bond motifs is 3. The molecule has 0 radical (unpaired) electrons. The second kappa shape index (κ2) is 14.1. The number of halogens is 2. The summed E-state index contributed by atoms with van der Waals surface area (Å²) < 4.78 is 3.37. The van der Waals surface area contributed by atoms with Crippen LogP contribution >= 0.6 is 17.0 Å². The molecule has 0 spiro atoms. The molecule has 0 nitrogen and oxygen atoms in total. The Kier molecular flexibility index (Phi) is 12.5. The van der Waals surface area contributed by atoms with Crippen LogP contribution in [0.1, 0.15) is 26.7 Å². The largest absolute Gasteiger partial charge is 0.214 e. The van der Waals surface area contributed by atoms with Gasteiger partial charge in [-0.15, -0.1) is 39.7 Å². The van der Waals surface area contributed by atoms with Crippen molar-refractivity contribution >= 4 is 42.8 Å². The fourth-order valence-corrected chi connectivity index (χ4v) is 2.22. The van der Waals surface area contributed by atoms with Gasteiger partial charge in [0.2, 0.25) is 0 Å². The van der Waals surface area contributed by atoms with Crippen molar-refractivity contribution in [2.24, 2.45) is 0 Å². The van der Waals surface area contributed by atoms with E-state index in [0.29, 0.717) is 0 Å². The molecule has 0 saturated heterocycles. The van der Waals surface area contributed by atoms with Crippen molar-refractivity contribution in [3.8, 4) is 0 Å². The average Bonchev–Trinajstić information content (AvgIpc) is 3.33. The molecule has 0 N–H and O–H groups in total. The molecule has 0 atom stereocenters. The average molecular weight is 465 g/mol. The van der Waals surface area contributed by atoms with Gasteiger partial charge in [-0.2, -0.15) is 18.2 Å². The fraction of sp³-hybridized carbons (Fsp3) is 0.174. The van der Waals surface area contributed by atoms with Crippen LogP contribution in [0.25, 0.3) is 21.5 Å². The van der Waals surface area contributed by atoms with Gasteiger partial charge in [-0.1, -0.05) is 63.1 Å². The number of hydrogen-bond donors (Lipinski definition) is 0. The van der Waals surface area contributed by atoms with E-state index in [4.69, 9.17) is 17.0 Å². The minimum Gasteiger partial charge on any atom is -0.214 e. The minimum absolute atomic E-state index is 1.32. The molecule has 4 aromatic carbocycles. The van der Waals surface area contributed by atoms with Crippen LogP contribution in [0, 0.1) is 0 Å². The molecule has 0 aliphatic carbocycles. The Morgan fingerprint density at radius 1 is 0.769 bits per heavy atom. The van der Waals surface area contributed by atoms with Crippen molar-refractivity contribution in [3.05, 3.63) is 84.9 Å². The summed E-state index contributed by atoms with van der Waals surface area (Å²) in [5.74, 6) is 0. The maximum atomic E-state index is 5.13. The molecule has 0 unspecified atom stereocenters. The van der Waals surface area contributed by atoms with Gasteiger partial charge in [0.15, 0.2) is 0 Å². The molecule has 138 valence electrons. The molecular weight excluding hydrogens is 438 g/mol. The Morgan fingerprint density at radius 2 is 1.15 bits per heavy atom. The third kappa shape index (κ3) is 9.08. The summed E-state index contributed by atoms with van der Waals surface area (Å²) >= 11 is -1.85. The second-order valence-corrected chi connectivity index (χ2v) is 13.8. The van der Waals surface area contributed by atoms with Crippen LogP contribution in [0.5, 0.6) is 0 Å². The summed E-state index contributed by atoms with van der Waals surface area (Å²) in [6.45, 7) is 4.36. The summed E-state index contributed by atoms with van der Waals surface area (Å²) in [5.41, 5.74) is 0. The predicted molar refractivity (Wildman–Crippen MR) is 118 cm³/mol. The van der Waals surface area contributed by atoms with E-state index in [1.54, 1.807) is 0 Å². The Balaban J connectivity index is 0.000000216. The predicted octanol–water partition coefficient (Wildman–Crippen LogP) is 8.27. The van der Waals surface area contributed by atoms with Gasteiger partial charge in [-0.05, 0) is 0 Å². The summed E-state index contributed by atoms with van der Waals surface area (Å²) in [5, 5.41) is 5.39. The zero-order valence-corrected chi connectivity index (χ0v) is 19.4. The van der Waals surface area contributed by atoms with Crippen LogP contribution in [0.2, 0.25) is 0 Å². The van der Waals surface area contributed by atoms with Gasteiger partial charge in [0.25, 0.3) is 0 Å². The van der Waals surface area contributed by atoms with Gasteiger partial charge in [0, 0.05) is 0 Å².